The molecule has 0 saturated heterocycles. The van der Waals surface area contributed by atoms with Crippen LogP contribution in [0.3, 0.4) is 0 Å². The summed E-state index contributed by atoms with van der Waals surface area (Å²) < 4.78 is 48.6. The predicted octanol–water partition coefficient (Wildman–Crippen LogP) is 5.45. The Labute approximate surface area is 240 Å². The van der Waals surface area contributed by atoms with Crippen LogP contribution in [0.2, 0.25) is 5.02 Å². The summed E-state index contributed by atoms with van der Waals surface area (Å²) in [4.78, 5) is 49.1. The summed E-state index contributed by atoms with van der Waals surface area (Å²) in [7, 11) is -3.32. The van der Waals surface area contributed by atoms with Crippen LogP contribution in [0.25, 0.3) is 10.8 Å². The van der Waals surface area contributed by atoms with Crippen molar-refractivity contribution in [3.05, 3.63) is 70.9 Å². The highest BCUT2D eigenvalue weighted by Gasteiger charge is 2.32. The highest BCUT2D eigenvalue weighted by atomic mass is 35.5. The summed E-state index contributed by atoms with van der Waals surface area (Å²) in [6.45, 7) is 2.55. The van der Waals surface area contributed by atoms with Gasteiger partial charge >= 0.3 is 19.9 Å². The molecule has 3 amide bonds. The summed E-state index contributed by atoms with van der Waals surface area (Å²) in [5, 5.41) is 6.11. The Morgan fingerprint density at radius 1 is 1.17 bits per heavy atom. The number of pyridine rings is 1. The van der Waals surface area contributed by atoms with Gasteiger partial charge in [-0.3, -0.25) is 9.84 Å². The Balaban J connectivity index is 1.69. The largest absolute Gasteiger partial charge is 0.469 e. The summed E-state index contributed by atoms with van der Waals surface area (Å²) in [6.07, 6.45) is 0.654. The first kappa shape index (κ1) is 32.2. The smallest absolute Gasteiger partial charge is 0.447 e. The van der Waals surface area contributed by atoms with Gasteiger partial charge in [0.2, 0.25) is 0 Å². The van der Waals surface area contributed by atoms with Crippen LogP contribution in [0, 0.1) is 17.0 Å². The number of hydrogen-bond donors (Lipinski definition) is 4. The molecule has 11 nitrogen and oxygen atoms in total. The minimum Gasteiger partial charge on any atom is -0.447 e. The number of urea groups is 1. The molecule has 41 heavy (non-hydrogen) atoms. The van der Waals surface area contributed by atoms with Crippen molar-refractivity contribution < 1.29 is 42.0 Å². The van der Waals surface area contributed by atoms with Crippen molar-refractivity contribution in [2.45, 2.75) is 32.9 Å². The van der Waals surface area contributed by atoms with Crippen LogP contribution in [0.15, 0.2) is 48.7 Å². The predicted molar refractivity (Wildman–Crippen MR) is 148 cm³/mol. The number of halogens is 3. The fourth-order valence-corrected chi connectivity index (χ4v) is 4.61. The van der Waals surface area contributed by atoms with E-state index in [1.54, 1.807) is 26.0 Å². The average Bonchev–Trinajstić information content (AvgIpc) is 2.89. The molecule has 1 aromatic heterocycles. The highest BCUT2D eigenvalue weighted by molar-refractivity contribution is 7.46. The summed E-state index contributed by atoms with van der Waals surface area (Å²) >= 11 is 5.96. The van der Waals surface area contributed by atoms with Crippen LogP contribution >= 0.6 is 19.4 Å². The van der Waals surface area contributed by atoms with E-state index < -0.39 is 43.0 Å². The lowest BCUT2D eigenvalue weighted by Gasteiger charge is -2.34. The van der Waals surface area contributed by atoms with Crippen LogP contribution in [0.4, 0.5) is 24.2 Å². The first-order valence-corrected chi connectivity index (χ1v) is 14.2. The van der Waals surface area contributed by atoms with Crippen molar-refractivity contribution in [2.75, 3.05) is 25.6 Å². The first-order chi connectivity index (χ1) is 19.1. The van der Waals surface area contributed by atoms with E-state index in [4.69, 9.17) is 26.1 Å². The van der Waals surface area contributed by atoms with E-state index in [2.05, 4.69) is 20.1 Å². The third-order valence-electron chi connectivity index (χ3n) is 6.06. The van der Waals surface area contributed by atoms with E-state index in [1.807, 2.05) is 0 Å². The van der Waals surface area contributed by atoms with Gasteiger partial charge in [0, 0.05) is 25.2 Å². The van der Waals surface area contributed by atoms with Crippen molar-refractivity contribution in [3.8, 4) is 0 Å². The maximum Gasteiger partial charge on any atom is 0.469 e. The highest BCUT2D eigenvalue weighted by Crippen LogP contribution is 2.39. The maximum absolute atomic E-state index is 13.8. The van der Waals surface area contributed by atoms with Crippen LogP contribution in [0.1, 0.15) is 25.8 Å². The molecular formula is C26H30ClF2N4O7P. The zero-order valence-electron chi connectivity index (χ0n) is 22.4. The molecule has 4 N–H and O–H groups in total. The van der Waals surface area contributed by atoms with Gasteiger partial charge in [0.15, 0.2) is 0 Å². The molecule has 0 aliphatic carbocycles. The second kappa shape index (κ2) is 13.5. The maximum atomic E-state index is 13.8. The second-order valence-corrected chi connectivity index (χ2v) is 11.7. The van der Waals surface area contributed by atoms with E-state index >= 15 is 0 Å². The lowest BCUT2D eigenvalue weighted by Crippen LogP contribution is -2.48. The molecule has 15 heteroatoms. The first-order valence-electron chi connectivity index (χ1n) is 12.3. The number of benzene rings is 2. The molecule has 0 bridgehead atoms. The number of phosphoric acid groups is 1. The third kappa shape index (κ3) is 9.91. The number of carbonyl (C=O) groups excluding carboxylic acids is 2. The zero-order chi connectivity index (χ0) is 30.4. The number of amides is 3. The summed E-state index contributed by atoms with van der Waals surface area (Å²) in [6, 6.07) is 8.38. The normalized spacial score (nSPS) is 12.6. The van der Waals surface area contributed by atoms with Gasteiger partial charge in [-0.2, -0.15) is 0 Å². The van der Waals surface area contributed by atoms with Gasteiger partial charge in [-0.15, -0.1) is 0 Å². The van der Waals surface area contributed by atoms with E-state index in [0.717, 1.165) is 0 Å². The molecule has 0 unspecified atom stereocenters. The Hall–Kier alpha value is -3.35. The number of nitrogens with zero attached hydrogens (tertiary/aromatic N) is 2. The molecule has 0 radical (unpaired) electrons. The number of hydrogen-bond acceptors (Lipinski definition) is 6. The van der Waals surface area contributed by atoms with Gasteiger partial charge in [0.05, 0.1) is 17.7 Å². The fourth-order valence-electron chi connectivity index (χ4n) is 3.90. The van der Waals surface area contributed by atoms with Crippen LogP contribution in [0.5, 0.6) is 0 Å². The van der Waals surface area contributed by atoms with Crippen LogP contribution in [-0.4, -0.2) is 58.1 Å². The SMILES string of the molecule is CN(C(=O)NCc1cccc(F)c1Cl)[C@H](COC(=O)Nc1cc2cc(F)ccc2cn1)CC(C)(C)COP(=O)(O)O. The van der Waals surface area contributed by atoms with E-state index in [1.165, 1.54) is 48.5 Å². The van der Waals surface area contributed by atoms with Gasteiger partial charge in [0.1, 0.15) is 24.1 Å². The van der Waals surface area contributed by atoms with E-state index in [9.17, 15) is 22.9 Å². The number of anilines is 1. The number of fused-ring (bicyclic) bond motifs is 1. The Morgan fingerprint density at radius 3 is 2.61 bits per heavy atom. The Kier molecular flexibility index (Phi) is 10.6. The number of phosphoric ester groups is 1. The molecule has 0 aliphatic rings. The van der Waals surface area contributed by atoms with Gasteiger partial charge in [0.25, 0.3) is 0 Å². The molecular weight excluding hydrogens is 585 g/mol. The van der Waals surface area contributed by atoms with Gasteiger partial charge in [-0.1, -0.05) is 37.6 Å². The van der Waals surface area contributed by atoms with Gasteiger partial charge < -0.3 is 24.7 Å². The Bertz CT molecular complexity index is 1460. The van der Waals surface area contributed by atoms with Crippen molar-refractivity contribution in [3.63, 3.8) is 0 Å². The molecule has 1 heterocycles. The quantitative estimate of drug-likeness (QED) is 0.208. The fraction of sp³-hybridized carbons (Fsp3) is 0.346. The lowest BCUT2D eigenvalue weighted by atomic mass is 9.86. The molecule has 3 aromatic rings. The van der Waals surface area contributed by atoms with Crippen molar-refractivity contribution in [1.82, 2.24) is 15.2 Å². The van der Waals surface area contributed by atoms with Crippen LogP contribution in [-0.2, 0) is 20.4 Å². The minimum atomic E-state index is -4.75. The minimum absolute atomic E-state index is 0.0905. The third-order valence-corrected chi connectivity index (χ3v) is 6.95. The monoisotopic (exact) mass is 614 g/mol. The number of carbonyl (C=O) groups is 2. The number of ether oxygens (including phenoxy) is 1. The number of likely N-dealkylation sites (N-methyl/N-ethyl adjacent to an activating group) is 1. The molecule has 222 valence electrons. The molecule has 3 rings (SSSR count). The van der Waals surface area contributed by atoms with Crippen molar-refractivity contribution >= 4 is 48.1 Å². The number of rotatable bonds is 11. The molecule has 2 aromatic carbocycles. The lowest BCUT2D eigenvalue weighted by molar-refractivity contribution is 0.0697. The van der Waals surface area contributed by atoms with Crippen LogP contribution < -0.4 is 10.6 Å². The molecule has 0 spiro atoms. The summed E-state index contributed by atoms with van der Waals surface area (Å²) in [5.74, 6) is -0.980. The summed E-state index contributed by atoms with van der Waals surface area (Å²) in [5.41, 5.74) is -0.533. The van der Waals surface area contributed by atoms with Crippen molar-refractivity contribution in [1.29, 1.82) is 0 Å². The van der Waals surface area contributed by atoms with Crippen molar-refractivity contribution in [2.24, 2.45) is 5.41 Å². The van der Waals surface area contributed by atoms with Gasteiger partial charge in [-0.05, 0) is 53.1 Å². The number of aromatic nitrogens is 1. The molecule has 1 atom stereocenters. The topological polar surface area (TPSA) is 150 Å². The molecule has 0 saturated carbocycles. The average molecular weight is 615 g/mol. The Morgan fingerprint density at radius 2 is 1.90 bits per heavy atom. The number of nitrogens with one attached hydrogen (secondary N) is 2. The standard InChI is InChI=1S/C26H30ClF2N4O7P/c1-26(2,15-40-41(36,37)38)11-20(33(3)24(34)31-13-17-5-4-6-21(29)23(17)27)14-39-25(35)32-22-10-18-9-19(28)8-7-16(18)12-30-22/h4-10,12,20H,11,13-15H2,1-3H3,(H,31,34)(H,30,32,35)(H2,36,37,38)/t20-/m0/s1. The van der Waals surface area contributed by atoms with E-state index in [-0.39, 0.29) is 37.0 Å². The zero-order valence-corrected chi connectivity index (χ0v) is 24.1. The molecule has 0 aliphatic heterocycles. The second-order valence-electron chi connectivity index (χ2n) is 10.1. The van der Waals surface area contributed by atoms with E-state index in [0.29, 0.717) is 16.3 Å². The van der Waals surface area contributed by atoms with Gasteiger partial charge in [-0.25, -0.2) is 27.9 Å². The molecule has 0 fully saturated rings.